The van der Waals surface area contributed by atoms with Gasteiger partial charge in [0.25, 0.3) is 0 Å². The van der Waals surface area contributed by atoms with Gasteiger partial charge in [-0.1, -0.05) is 30.3 Å². The Labute approximate surface area is 100 Å². The summed E-state index contributed by atoms with van der Waals surface area (Å²) in [5.41, 5.74) is 0.241. The van der Waals surface area contributed by atoms with Crippen LogP contribution in [-0.2, 0) is 14.9 Å². The molecule has 1 N–H and O–H groups in total. The minimum atomic E-state index is -0.675. The number of hydrogen-bond donors (Lipinski definition) is 1. The van der Waals surface area contributed by atoms with Crippen LogP contribution < -0.4 is 0 Å². The Balaban J connectivity index is 2.00. The Kier molecular flexibility index (Phi) is 2.26. The van der Waals surface area contributed by atoms with Gasteiger partial charge in [0, 0.05) is 13.2 Å². The SMILES string of the molecule is O=C(O)C1(c2ccccc2)CC12CCOCC2. The fourth-order valence-corrected chi connectivity index (χ4v) is 3.39. The molecule has 1 aliphatic heterocycles. The largest absolute Gasteiger partial charge is 0.481 e. The van der Waals surface area contributed by atoms with E-state index in [1.54, 1.807) is 0 Å². The first kappa shape index (κ1) is 10.8. The molecule has 3 nitrogen and oxygen atoms in total. The Hall–Kier alpha value is -1.35. The number of aliphatic carboxylic acids is 1. The number of rotatable bonds is 2. The Morgan fingerprint density at radius 3 is 2.41 bits per heavy atom. The molecular formula is C14H16O3. The molecule has 3 heteroatoms. The van der Waals surface area contributed by atoms with Crippen molar-refractivity contribution in [3.05, 3.63) is 35.9 Å². The van der Waals surface area contributed by atoms with Crippen molar-refractivity contribution in [3.63, 3.8) is 0 Å². The van der Waals surface area contributed by atoms with Gasteiger partial charge in [0.2, 0.25) is 0 Å². The average Bonchev–Trinajstić information content (AvgIpc) is 3.01. The van der Waals surface area contributed by atoms with Gasteiger partial charge in [-0.15, -0.1) is 0 Å². The maximum absolute atomic E-state index is 11.7. The third kappa shape index (κ3) is 1.35. The molecular weight excluding hydrogens is 216 g/mol. The highest BCUT2D eigenvalue weighted by molar-refractivity contribution is 5.87. The van der Waals surface area contributed by atoms with Gasteiger partial charge >= 0.3 is 5.97 Å². The van der Waals surface area contributed by atoms with E-state index in [-0.39, 0.29) is 5.41 Å². The van der Waals surface area contributed by atoms with Gasteiger partial charge in [-0.3, -0.25) is 4.79 Å². The quantitative estimate of drug-likeness (QED) is 0.850. The van der Waals surface area contributed by atoms with Crippen molar-refractivity contribution in [1.29, 1.82) is 0 Å². The molecule has 1 spiro atoms. The van der Waals surface area contributed by atoms with Gasteiger partial charge in [0.05, 0.1) is 5.41 Å². The van der Waals surface area contributed by atoms with Crippen LogP contribution in [0.5, 0.6) is 0 Å². The summed E-state index contributed by atoms with van der Waals surface area (Å²) >= 11 is 0. The molecule has 2 aliphatic rings. The van der Waals surface area contributed by atoms with Crippen LogP contribution in [0.25, 0.3) is 0 Å². The molecule has 3 rings (SSSR count). The van der Waals surface area contributed by atoms with Crippen LogP contribution in [0.4, 0.5) is 0 Å². The monoisotopic (exact) mass is 232 g/mol. The van der Waals surface area contributed by atoms with E-state index in [4.69, 9.17) is 4.74 Å². The third-order valence-corrected chi connectivity index (χ3v) is 4.47. The zero-order chi connectivity index (χ0) is 11.9. The third-order valence-electron chi connectivity index (χ3n) is 4.47. The molecule has 1 atom stereocenters. The highest BCUT2D eigenvalue weighted by Crippen LogP contribution is 2.69. The predicted molar refractivity (Wildman–Crippen MR) is 62.9 cm³/mol. The van der Waals surface area contributed by atoms with Crippen molar-refractivity contribution >= 4 is 5.97 Å². The van der Waals surface area contributed by atoms with Gasteiger partial charge in [-0.25, -0.2) is 0 Å². The lowest BCUT2D eigenvalue weighted by Gasteiger charge is -2.27. The number of benzene rings is 1. The smallest absolute Gasteiger partial charge is 0.314 e. The summed E-state index contributed by atoms with van der Waals surface area (Å²) in [7, 11) is 0. The normalized spacial score (nSPS) is 30.1. The summed E-state index contributed by atoms with van der Waals surface area (Å²) in [5.74, 6) is -0.675. The molecule has 0 aromatic heterocycles. The first-order chi connectivity index (χ1) is 8.21. The standard InChI is InChI=1S/C14H16O3/c15-12(16)14(11-4-2-1-3-5-11)10-13(14)6-8-17-9-7-13/h1-5H,6-10H2,(H,15,16). The van der Waals surface area contributed by atoms with Gasteiger partial charge < -0.3 is 9.84 Å². The molecule has 1 saturated carbocycles. The molecule has 1 unspecified atom stereocenters. The summed E-state index contributed by atoms with van der Waals surface area (Å²) < 4.78 is 5.36. The van der Waals surface area contributed by atoms with E-state index in [1.165, 1.54) is 0 Å². The molecule has 2 fully saturated rings. The van der Waals surface area contributed by atoms with Crippen molar-refractivity contribution in [3.8, 4) is 0 Å². The molecule has 1 aromatic carbocycles. The van der Waals surface area contributed by atoms with E-state index in [2.05, 4.69) is 0 Å². The van der Waals surface area contributed by atoms with Crippen LogP contribution in [0, 0.1) is 5.41 Å². The maximum atomic E-state index is 11.7. The number of carbonyl (C=O) groups is 1. The van der Waals surface area contributed by atoms with Crippen LogP contribution in [0.1, 0.15) is 24.8 Å². The lowest BCUT2D eigenvalue weighted by molar-refractivity contribution is -0.141. The zero-order valence-corrected chi connectivity index (χ0v) is 9.69. The molecule has 1 aliphatic carbocycles. The van der Waals surface area contributed by atoms with E-state index in [0.717, 1.165) is 24.8 Å². The van der Waals surface area contributed by atoms with E-state index < -0.39 is 11.4 Å². The van der Waals surface area contributed by atoms with E-state index in [9.17, 15) is 9.90 Å². The molecule has 1 aromatic rings. The molecule has 0 bridgehead atoms. The molecule has 1 heterocycles. The van der Waals surface area contributed by atoms with Gasteiger partial charge in [-0.2, -0.15) is 0 Å². The van der Waals surface area contributed by atoms with Crippen LogP contribution >= 0.6 is 0 Å². The van der Waals surface area contributed by atoms with Crippen molar-refractivity contribution in [1.82, 2.24) is 0 Å². The van der Waals surface area contributed by atoms with Crippen molar-refractivity contribution in [2.75, 3.05) is 13.2 Å². The first-order valence-electron chi connectivity index (χ1n) is 6.08. The van der Waals surface area contributed by atoms with Crippen molar-refractivity contribution < 1.29 is 14.6 Å². The molecule has 17 heavy (non-hydrogen) atoms. The molecule has 1 saturated heterocycles. The number of hydrogen-bond acceptors (Lipinski definition) is 2. The topological polar surface area (TPSA) is 46.5 Å². The summed E-state index contributed by atoms with van der Waals surface area (Å²) in [4.78, 5) is 11.7. The minimum Gasteiger partial charge on any atom is -0.481 e. The van der Waals surface area contributed by atoms with Gasteiger partial charge in [0.15, 0.2) is 0 Å². The first-order valence-corrected chi connectivity index (χ1v) is 6.08. The minimum absolute atomic E-state index is 0.0571. The average molecular weight is 232 g/mol. The Morgan fingerprint density at radius 2 is 1.82 bits per heavy atom. The predicted octanol–water partition coefficient (Wildman–Crippen LogP) is 2.21. The lowest BCUT2D eigenvalue weighted by Crippen LogP contribution is -2.32. The second-order valence-corrected chi connectivity index (χ2v) is 5.15. The Morgan fingerprint density at radius 1 is 1.18 bits per heavy atom. The Bertz CT molecular complexity index is 434. The zero-order valence-electron chi connectivity index (χ0n) is 9.69. The fourth-order valence-electron chi connectivity index (χ4n) is 3.39. The highest BCUT2D eigenvalue weighted by atomic mass is 16.5. The molecule has 90 valence electrons. The van der Waals surface area contributed by atoms with Crippen molar-refractivity contribution in [2.24, 2.45) is 5.41 Å². The summed E-state index contributed by atoms with van der Waals surface area (Å²) in [5, 5.41) is 9.63. The van der Waals surface area contributed by atoms with E-state index in [1.807, 2.05) is 30.3 Å². The molecule has 0 amide bonds. The summed E-state index contributed by atoms with van der Waals surface area (Å²) in [6.45, 7) is 1.39. The summed E-state index contributed by atoms with van der Waals surface area (Å²) in [6.07, 6.45) is 2.51. The van der Waals surface area contributed by atoms with Crippen LogP contribution in [0.2, 0.25) is 0 Å². The van der Waals surface area contributed by atoms with Crippen molar-refractivity contribution in [2.45, 2.75) is 24.7 Å². The van der Waals surface area contributed by atoms with Crippen LogP contribution in [0.15, 0.2) is 30.3 Å². The van der Waals surface area contributed by atoms with Crippen LogP contribution in [0.3, 0.4) is 0 Å². The molecule has 0 radical (unpaired) electrons. The van der Waals surface area contributed by atoms with Crippen LogP contribution in [-0.4, -0.2) is 24.3 Å². The highest BCUT2D eigenvalue weighted by Gasteiger charge is 2.72. The maximum Gasteiger partial charge on any atom is 0.314 e. The number of carboxylic acid groups (broad SMARTS) is 1. The van der Waals surface area contributed by atoms with Gasteiger partial charge in [0.1, 0.15) is 0 Å². The fraction of sp³-hybridized carbons (Fsp3) is 0.500. The lowest BCUT2D eigenvalue weighted by atomic mass is 9.81. The second-order valence-electron chi connectivity index (χ2n) is 5.15. The number of carboxylic acids is 1. The van der Waals surface area contributed by atoms with E-state index in [0.29, 0.717) is 13.2 Å². The summed E-state index contributed by atoms with van der Waals surface area (Å²) in [6, 6.07) is 9.66. The number of ether oxygens (including phenoxy) is 1. The van der Waals surface area contributed by atoms with Gasteiger partial charge in [-0.05, 0) is 30.2 Å². The second kappa shape index (κ2) is 3.57. The van der Waals surface area contributed by atoms with E-state index >= 15 is 0 Å².